The number of amides is 2. The average Bonchev–Trinajstić information content (AvgIpc) is 3.33. The second kappa shape index (κ2) is 7.32. The first-order valence-electron chi connectivity index (χ1n) is 8.43. The quantitative estimate of drug-likeness (QED) is 0.696. The van der Waals surface area contributed by atoms with Crippen LogP contribution in [-0.2, 0) is 9.59 Å². The average molecular weight is 426 g/mol. The normalized spacial score (nSPS) is 16.6. The highest BCUT2D eigenvalue weighted by molar-refractivity contribution is 9.10. The van der Waals surface area contributed by atoms with Crippen molar-refractivity contribution in [3.8, 4) is 5.69 Å². The van der Waals surface area contributed by atoms with E-state index < -0.39 is 5.92 Å². The van der Waals surface area contributed by atoms with E-state index in [0.717, 1.165) is 15.8 Å². The minimum atomic E-state index is -0.423. The zero-order valence-electron chi connectivity index (χ0n) is 14.2. The fraction of sp³-hybridized carbons (Fsp3) is 0.158. The molecule has 1 aliphatic rings. The van der Waals surface area contributed by atoms with Gasteiger partial charge >= 0.3 is 0 Å². The van der Waals surface area contributed by atoms with E-state index in [0.29, 0.717) is 12.2 Å². The van der Waals surface area contributed by atoms with Crippen LogP contribution in [0.15, 0.2) is 65.7 Å². The number of nitrogens with one attached hydrogen (secondary N) is 1. The van der Waals surface area contributed by atoms with Crippen molar-refractivity contribution >= 4 is 39.1 Å². The predicted molar refractivity (Wildman–Crippen MR) is 105 cm³/mol. The number of rotatable bonds is 4. The molecule has 0 spiro atoms. The van der Waals surface area contributed by atoms with Gasteiger partial charge in [-0.2, -0.15) is 5.10 Å². The number of carbonyl (C=O) groups is 2. The van der Waals surface area contributed by atoms with Gasteiger partial charge < -0.3 is 10.2 Å². The first-order chi connectivity index (χ1) is 13.1. The predicted octanol–water partition coefficient (Wildman–Crippen LogP) is 3.02. The number of nitrogens with zero attached hydrogens (tertiary/aromatic N) is 4. The number of anilines is 2. The Bertz CT molecular complexity index is 989. The molecule has 0 aliphatic carbocycles. The molecule has 0 unspecified atom stereocenters. The van der Waals surface area contributed by atoms with Gasteiger partial charge in [-0.25, -0.2) is 9.67 Å². The Labute approximate surface area is 164 Å². The van der Waals surface area contributed by atoms with Crippen LogP contribution in [-0.4, -0.2) is 33.1 Å². The van der Waals surface area contributed by atoms with Crippen LogP contribution in [0.1, 0.15) is 6.42 Å². The van der Waals surface area contributed by atoms with Gasteiger partial charge in [0.1, 0.15) is 12.7 Å². The molecule has 1 fully saturated rings. The summed E-state index contributed by atoms with van der Waals surface area (Å²) in [7, 11) is 0. The number of hydrogen-bond donors (Lipinski definition) is 1. The Balaban J connectivity index is 1.52. The molecule has 2 aromatic carbocycles. The van der Waals surface area contributed by atoms with Crippen LogP contribution >= 0.6 is 15.9 Å². The summed E-state index contributed by atoms with van der Waals surface area (Å²) in [6, 6.07) is 14.8. The summed E-state index contributed by atoms with van der Waals surface area (Å²) in [6.45, 7) is 0.346. The fourth-order valence-electron chi connectivity index (χ4n) is 3.13. The molecular weight excluding hydrogens is 410 g/mol. The van der Waals surface area contributed by atoms with Crippen molar-refractivity contribution in [2.75, 3.05) is 16.8 Å². The lowest BCUT2D eigenvalue weighted by molar-refractivity contribution is -0.122. The highest BCUT2D eigenvalue weighted by atomic mass is 79.9. The van der Waals surface area contributed by atoms with Crippen molar-refractivity contribution in [1.82, 2.24) is 14.8 Å². The van der Waals surface area contributed by atoms with Gasteiger partial charge in [-0.15, -0.1) is 0 Å². The zero-order chi connectivity index (χ0) is 18.8. The number of para-hydroxylation sites is 3. The second-order valence-electron chi connectivity index (χ2n) is 6.20. The van der Waals surface area contributed by atoms with E-state index in [9.17, 15) is 9.59 Å². The molecule has 8 heteroatoms. The minimum absolute atomic E-state index is 0.0633. The fourth-order valence-corrected chi connectivity index (χ4v) is 3.63. The molecule has 136 valence electrons. The summed E-state index contributed by atoms with van der Waals surface area (Å²) in [5, 5.41) is 7.04. The van der Waals surface area contributed by atoms with Crippen molar-refractivity contribution in [3.63, 3.8) is 0 Å². The molecule has 27 heavy (non-hydrogen) atoms. The van der Waals surface area contributed by atoms with Crippen LogP contribution in [0.25, 0.3) is 5.69 Å². The minimum Gasteiger partial charge on any atom is -0.324 e. The molecule has 2 heterocycles. The van der Waals surface area contributed by atoms with Crippen LogP contribution in [0.3, 0.4) is 0 Å². The molecule has 7 nitrogen and oxygen atoms in total. The van der Waals surface area contributed by atoms with E-state index >= 15 is 0 Å². The highest BCUT2D eigenvalue weighted by Crippen LogP contribution is 2.32. The third-order valence-electron chi connectivity index (χ3n) is 4.47. The van der Waals surface area contributed by atoms with Crippen molar-refractivity contribution in [1.29, 1.82) is 0 Å². The van der Waals surface area contributed by atoms with E-state index in [1.807, 2.05) is 42.5 Å². The number of benzene rings is 2. The standard InChI is InChI=1S/C19H16BrN5O2/c20-14-5-1-3-7-16(14)24-10-13(9-18(24)26)19(27)23-15-6-2-4-8-17(15)25-12-21-11-22-25/h1-8,11-13H,9-10H2,(H,23,27)/t13-/m0/s1. The largest absolute Gasteiger partial charge is 0.324 e. The maximum absolute atomic E-state index is 12.8. The molecule has 4 rings (SSSR count). The summed E-state index contributed by atoms with van der Waals surface area (Å²) < 4.78 is 2.42. The van der Waals surface area contributed by atoms with Gasteiger partial charge in [-0.3, -0.25) is 9.59 Å². The summed E-state index contributed by atoms with van der Waals surface area (Å²) in [5.74, 6) is -0.675. The molecule has 1 aromatic heterocycles. The van der Waals surface area contributed by atoms with Gasteiger partial charge in [0.15, 0.2) is 0 Å². The lowest BCUT2D eigenvalue weighted by atomic mass is 10.1. The van der Waals surface area contributed by atoms with Crippen LogP contribution in [0.5, 0.6) is 0 Å². The molecule has 1 atom stereocenters. The molecule has 0 bridgehead atoms. The van der Waals surface area contributed by atoms with Crippen molar-refractivity contribution in [3.05, 3.63) is 65.7 Å². The summed E-state index contributed by atoms with van der Waals surface area (Å²) in [6.07, 6.45) is 3.18. The highest BCUT2D eigenvalue weighted by Gasteiger charge is 2.36. The molecule has 3 aromatic rings. The van der Waals surface area contributed by atoms with Crippen molar-refractivity contribution in [2.45, 2.75) is 6.42 Å². The monoisotopic (exact) mass is 425 g/mol. The molecule has 1 aliphatic heterocycles. The molecule has 0 radical (unpaired) electrons. The lowest BCUT2D eigenvalue weighted by Gasteiger charge is -2.18. The van der Waals surface area contributed by atoms with Gasteiger partial charge in [0, 0.05) is 17.4 Å². The van der Waals surface area contributed by atoms with E-state index in [-0.39, 0.29) is 18.2 Å². The molecule has 1 N–H and O–H groups in total. The number of hydrogen-bond acceptors (Lipinski definition) is 4. The molecule has 1 saturated heterocycles. The van der Waals surface area contributed by atoms with Gasteiger partial charge in [0.2, 0.25) is 11.8 Å². The number of halogens is 1. The van der Waals surface area contributed by atoms with Crippen molar-refractivity contribution in [2.24, 2.45) is 5.92 Å². The topological polar surface area (TPSA) is 80.1 Å². The van der Waals surface area contributed by atoms with Crippen LogP contribution < -0.4 is 10.2 Å². The molecule has 2 amide bonds. The van der Waals surface area contributed by atoms with Gasteiger partial charge in [0.25, 0.3) is 0 Å². The summed E-state index contributed by atoms with van der Waals surface area (Å²) in [5.41, 5.74) is 2.12. The van der Waals surface area contributed by atoms with E-state index in [1.165, 1.54) is 6.33 Å². The van der Waals surface area contributed by atoms with Crippen molar-refractivity contribution < 1.29 is 9.59 Å². The maximum Gasteiger partial charge on any atom is 0.229 e. The Morgan fingerprint density at radius 1 is 1.11 bits per heavy atom. The first-order valence-corrected chi connectivity index (χ1v) is 9.22. The SMILES string of the molecule is O=C(Nc1ccccc1-n1cncn1)[C@H]1CC(=O)N(c2ccccc2Br)C1. The third-order valence-corrected chi connectivity index (χ3v) is 5.14. The second-order valence-corrected chi connectivity index (χ2v) is 7.06. The number of aromatic nitrogens is 3. The van der Waals surface area contributed by atoms with Crippen LogP contribution in [0.2, 0.25) is 0 Å². The Kier molecular flexibility index (Phi) is 4.72. The molecular formula is C19H16BrN5O2. The van der Waals surface area contributed by atoms with Crippen LogP contribution in [0.4, 0.5) is 11.4 Å². The third kappa shape index (κ3) is 3.48. The lowest BCUT2D eigenvalue weighted by Crippen LogP contribution is -2.28. The van der Waals surface area contributed by atoms with Gasteiger partial charge in [-0.1, -0.05) is 24.3 Å². The van der Waals surface area contributed by atoms with Gasteiger partial charge in [-0.05, 0) is 40.2 Å². The van der Waals surface area contributed by atoms with E-state index in [4.69, 9.17) is 0 Å². The van der Waals surface area contributed by atoms with E-state index in [1.54, 1.807) is 22.0 Å². The summed E-state index contributed by atoms with van der Waals surface area (Å²) >= 11 is 3.47. The Morgan fingerprint density at radius 3 is 2.59 bits per heavy atom. The van der Waals surface area contributed by atoms with E-state index in [2.05, 4.69) is 31.3 Å². The van der Waals surface area contributed by atoms with Crippen LogP contribution in [0, 0.1) is 5.92 Å². The smallest absolute Gasteiger partial charge is 0.229 e. The Hall–Kier alpha value is -3.00. The molecule has 0 saturated carbocycles. The summed E-state index contributed by atoms with van der Waals surface area (Å²) in [4.78, 5) is 30.8. The Morgan fingerprint density at radius 2 is 1.85 bits per heavy atom. The maximum atomic E-state index is 12.8. The van der Waals surface area contributed by atoms with Gasteiger partial charge in [0.05, 0.1) is 23.0 Å². The first kappa shape index (κ1) is 17.4. The zero-order valence-corrected chi connectivity index (χ0v) is 15.8. The number of carbonyl (C=O) groups excluding carboxylic acids is 2.